The minimum Gasteiger partial charge on any atom is -0.382 e. The minimum atomic E-state index is 0.525. The molecule has 0 aromatic heterocycles. The molecule has 1 N–H and O–H groups in total. The molecule has 20 heavy (non-hydrogen) atoms. The van der Waals surface area contributed by atoms with Crippen molar-refractivity contribution in [1.29, 1.82) is 0 Å². The van der Waals surface area contributed by atoms with Gasteiger partial charge < -0.3 is 14.8 Å². The highest BCUT2D eigenvalue weighted by Crippen LogP contribution is 2.41. The summed E-state index contributed by atoms with van der Waals surface area (Å²) >= 11 is 1.92. The molecule has 5 heteroatoms. The van der Waals surface area contributed by atoms with E-state index in [1.807, 2.05) is 11.8 Å². The van der Waals surface area contributed by atoms with Gasteiger partial charge in [-0.2, -0.15) is 0 Å². The largest absolute Gasteiger partial charge is 0.382 e. The summed E-state index contributed by atoms with van der Waals surface area (Å²) in [5, 5.41) is 4.57. The van der Waals surface area contributed by atoms with Gasteiger partial charge in [0, 0.05) is 32.6 Å². The van der Waals surface area contributed by atoms with Crippen molar-refractivity contribution in [3.05, 3.63) is 0 Å². The summed E-state index contributed by atoms with van der Waals surface area (Å²) in [4.78, 5) is 4.76. The van der Waals surface area contributed by atoms with Crippen LogP contribution >= 0.6 is 11.8 Å². The molecule has 4 nitrogen and oxygen atoms in total. The molecule has 0 unspecified atom stereocenters. The number of hydrogen-bond acceptors (Lipinski definition) is 5. The number of methoxy groups -OCH3 is 1. The Bertz CT molecular complexity index is 304. The van der Waals surface area contributed by atoms with Crippen LogP contribution in [0.4, 0.5) is 0 Å². The fourth-order valence-corrected chi connectivity index (χ4v) is 4.06. The average Bonchev–Trinajstić information content (AvgIpc) is 2.49. The van der Waals surface area contributed by atoms with E-state index >= 15 is 0 Å². The zero-order valence-electron chi connectivity index (χ0n) is 12.7. The Morgan fingerprint density at radius 2 is 2.05 bits per heavy atom. The van der Waals surface area contributed by atoms with Crippen molar-refractivity contribution in [2.45, 2.75) is 38.5 Å². The molecule has 2 rings (SSSR count). The lowest BCUT2D eigenvalue weighted by atomic mass is 9.75. The van der Waals surface area contributed by atoms with Gasteiger partial charge in [0.25, 0.3) is 0 Å². The first-order valence-corrected chi connectivity index (χ1v) is 8.81. The van der Waals surface area contributed by atoms with Gasteiger partial charge in [-0.25, -0.2) is 0 Å². The molecule has 1 heterocycles. The van der Waals surface area contributed by atoms with Gasteiger partial charge in [-0.15, -0.1) is 0 Å². The summed E-state index contributed by atoms with van der Waals surface area (Å²) in [5.41, 5.74) is 0.525. The van der Waals surface area contributed by atoms with Crippen molar-refractivity contribution < 1.29 is 9.47 Å². The molecule has 2 aliphatic rings. The van der Waals surface area contributed by atoms with E-state index in [-0.39, 0.29) is 0 Å². The van der Waals surface area contributed by atoms with E-state index in [4.69, 9.17) is 14.5 Å². The first kappa shape index (κ1) is 16.1. The molecule has 0 amide bonds. The van der Waals surface area contributed by atoms with Crippen LogP contribution < -0.4 is 5.32 Å². The summed E-state index contributed by atoms with van der Waals surface area (Å²) in [6, 6.07) is 0. The Balaban J connectivity index is 1.56. The fraction of sp³-hybridized carbons (Fsp3) is 0.933. The Morgan fingerprint density at radius 1 is 1.20 bits per heavy atom. The van der Waals surface area contributed by atoms with Gasteiger partial charge in [0.05, 0.1) is 13.2 Å². The van der Waals surface area contributed by atoms with Gasteiger partial charge in [0.15, 0.2) is 5.17 Å². The van der Waals surface area contributed by atoms with E-state index in [0.717, 1.165) is 31.3 Å². The third kappa shape index (κ3) is 5.26. The Morgan fingerprint density at radius 3 is 2.75 bits per heavy atom. The second-order valence-corrected chi connectivity index (χ2v) is 6.82. The zero-order valence-corrected chi connectivity index (χ0v) is 13.5. The Kier molecular flexibility index (Phi) is 7.17. The van der Waals surface area contributed by atoms with Crippen LogP contribution in [-0.4, -0.2) is 50.9 Å². The third-order valence-corrected chi connectivity index (χ3v) is 5.46. The van der Waals surface area contributed by atoms with Crippen molar-refractivity contribution in [2.24, 2.45) is 10.4 Å². The number of rotatable bonds is 7. The van der Waals surface area contributed by atoms with Crippen molar-refractivity contribution >= 4 is 16.9 Å². The third-order valence-electron chi connectivity index (χ3n) is 4.16. The number of amidine groups is 1. The molecule has 0 radical (unpaired) electrons. The van der Waals surface area contributed by atoms with Crippen LogP contribution in [0.25, 0.3) is 0 Å². The highest BCUT2D eigenvalue weighted by molar-refractivity contribution is 8.13. The van der Waals surface area contributed by atoms with Gasteiger partial charge in [-0.1, -0.05) is 31.0 Å². The van der Waals surface area contributed by atoms with Crippen LogP contribution in [0.15, 0.2) is 4.99 Å². The first-order chi connectivity index (χ1) is 9.85. The second-order valence-electron chi connectivity index (χ2n) is 5.86. The quantitative estimate of drug-likeness (QED) is 0.734. The van der Waals surface area contributed by atoms with E-state index in [1.54, 1.807) is 7.11 Å². The maximum Gasteiger partial charge on any atom is 0.156 e. The van der Waals surface area contributed by atoms with Crippen molar-refractivity contribution in [3.8, 4) is 0 Å². The van der Waals surface area contributed by atoms with Crippen LogP contribution in [0.1, 0.15) is 38.5 Å². The highest BCUT2D eigenvalue weighted by Gasteiger charge is 2.34. The summed E-state index contributed by atoms with van der Waals surface area (Å²) in [6.07, 6.45) is 8.00. The number of ether oxygens (including phenoxy) is 2. The second kappa shape index (κ2) is 8.90. The number of nitrogens with zero attached hydrogens (tertiary/aromatic N) is 1. The SMILES string of the molecule is COCCOCCCNC1=NCC2(CCCCC2)CS1. The molecule has 0 bridgehead atoms. The van der Waals surface area contributed by atoms with Gasteiger partial charge >= 0.3 is 0 Å². The smallest absolute Gasteiger partial charge is 0.156 e. The van der Waals surface area contributed by atoms with Gasteiger partial charge in [0.2, 0.25) is 0 Å². The van der Waals surface area contributed by atoms with E-state index < -0.39 is 0 Å². The summed E-state index contributed by atoms with van der Waals surface area (Å²) < 4.78 is 10.4. The molecule has 1 aliphatic carbocycles. The maximum atomic E-state index is 5.44. The molecule has 1 aliphatic heterocycles. The van der Waals surface area contributed by atoms with E-state index in [1.165, 1.54) is 37.9 Å². The predicted molar refractivity (Wildman–Crippen MR) is 85.6 cm³/mol. The van der Waals surface area contributed by atoms with Crippen LogP contribution in [-0.2, 0) is 9.47 Å². The lowest BCUT2D eigenvalue weighted by Crippen LogP contribution is -2.37. The first-order valence-electron chi connectivity index (χ1n) is 7.82. The predicted octanol–water partition coefficient (Wildman–Crippen LogP) is 2.68. The normalized spacial score (nSPS) is 21.8. The number of aliphatic imine (C=N–C) groups is 1. The molecule has 0 aromatic carbocycles. The van der Waals surface area contributed by atoms with Crippen molar-refractivity contribution in [1.82, 2.24) is 5.32 Å². The average molecular weight is 300 g/mol. The van der Waals surface area contributed by atoms with Crippen LogP contribution in [0, 0.1) is 5.41 Å². The Hall–Kier alpha value is -0.260. The molecule has 0 aromatic rings. The molecule has 1 fully saturated rings. The summed E-state index contributed by atoms with van der Waals surface area (Å²) in [7, 11) is 1.70. The van der Waals surface area contributed by atoms with Gasteiger partial charge in [-0.05, 0) is 24.7 Å². The molecular formula is C15H28N2O2S. The number of hydrogen-bond donors (Lipinski definition) is 1. The molecule has 0 saturated heterocycles. The number of nitrogens with one attached hydrogen (secondary N) is 1. The monoisotopic (exact) mass is 300 g/mol. The maximum absolute atomic E-state index is 5.44. The molecular weight excluding hydrogens is 272 g/mol. The van der Waals surface area contributed by atoms with Crippen molar-refractivity contribution in [3.63, 3.8) is 0 Å². The van der Waals surface area contributed by atoms with E-state index in [2.05, 4.69) is 5.32 Å². The highest BCUT2D eigenvalue weighted by atomic mass is 32.2. The minimum absolute atomic E-state index is 0.525. The van der Waals surface area contributed by atoms with Crippen LogP contribution in [0.2, 0.25) is 0 Å². The van der Waals surface area contributed by atoms with Gasteiger partial charge in [-0.3, -0.25) is 4.99 Å². The van der Waals surface area contributed by atoms with E-state index in [9.17, 15) is 0 Å². The lowest BCUT2D eigenvalue weighted by Gasteiger charge is -2.38. The lowest BCUT2D eigenvalue weighted by molar-refractivity contribution is 0.0699. The molecule has 1 saturated carbocycles. The number of thioether (sulfide) groups is 1. The zero-order chi connectivity index (χ0) is 14.1. The standard InChI is InChI=1S/C15H28N2O2S/c1-18-10-11-19-9-5-8-16-14-17-12-15(13-20-14)6-3-2-4-7-15/h2-13H2,1H3,(H,16,17). The van der Waals surface area contributed by atoms with Crippen molar-refractivity contribution in [2.75, 3.05) is 45.8 Å². The molecule has 116 valence electrons. The van der Waals surface area contributed by atoms with Gasteiger partial charge in [0.1, 0.15) is 0 Å². The van der Waals surface area contributed by atoms with Crippen LogP contribution in [0.3, 0.4) is 0 Å². The fourth-order valence-electron chi connectivity index (χ4n) is 2.88. The molecule has 0 atom stereocenters. The Labute approximate surface area is 127 Å². The topological polar surface area (TPSA) is 42.9 Å². The molecule has 1 spiro atoms. The summed E-state index contributed by atoms with van der Waals surface area (Å²) in [6.45, 7) is 4.14. The van der Waals surface area contributed by atoms with E-state index in [0.29, 0.717) is 18.6 Å². The van der Waals surface area contributed by atoms with Crippen LogP contribution in [0.5, 0.6) is 0 Å². The summed E-state index contributed by atoms with van der Waals surface area (Å²) in [5.74, 6) is 1.25.